The number of carbonyl (C=O) groups excluding carboxylic acids is 1. The first-order chi connectivity index (χ1) is 16.6. The molecule has 170 valence electrons. The van der Waals surface area contributed by atoms with Gasteiger partial charge in [-0.3, -0.25) is 9.48 Å². The number of hydrogen-bond donors (Lipinski definition) is 1. The predicted molar refractivity (Wildman–Crippen MR) is 129 cm³/mol. The molecule has 0 bridgehead atoms. The molecule has 0 unspecified atom stereocenters. The van der Waals surface area contributed by atoms with Gasteiger partial charge in [0.05, 0.1) is 24.6 Å². The van der Waals surface area contributed by atoms with E-state index in [0.717, 1.165) is 58.8 Å². The summed E-state index contributed by atoms with van der Waals surface area (Å²) in [4.78, 5) is 17.9. The molecule has 1 aliphatic rings. The van der Waals surface area contributed by atoms with E-state index in [1.165, 1.54) is 0 Å². The Bertz CT molecular complexity index is 1520. The average molecular weight is 454 g/mol. The van der Waals surface area contributed by atoms with Gasteiger partial charge in [-0.1, -0.05) is 18.2 Å². The number of pyridine rings is 1. The molecule has 5 heterocycles. The van der Waals surface area contributed by atoms with Crippen LogP contribution in [0.4, 0.5) is 5.82 Å². The third-order valence-electron chi connectivity index (χ3n) is 6.64. The quantitative estimate of drug-likeness (QED) is 0.438. The summed E-state index contributed by atoms with van der Waals surface area (Å²) in [6.07, 6.45) is 10.9. The molecule has 0 spiro atoms. The molecule has 0 saturated carbocycles. The number of rotatable bonds is 3. The number of hydrogen-bond acceptors (Lipinski definition) is 7. The molecule has 34 heavy (non-hydrogen) atoms. The van der Waals surface area contributed by atoms with Gasteiger partial charge in [0.2, 0.25) is 5.91 Å². The Kier molecular flexibility index (Phi) is 4.75. The third-order valence-corrected chi connectivity index (χ3v) is 6.64. The van der Waals surface area contributed by atoms with Crippen LogP contribution in [0.25, 0.3) is 44.2 Å². The molecule has 0 radical (unpaired) electrons. The van der Waals surface area contributed by atoms with E-state index < -0.39 is 0 Å². The van der Waals surface area contributed by atoms with E-state index in [-0.39, 0.29) is 11.9 Å². The number of likely N-dealkylation sites (tertiary alicyclic amines) is 1. The van der Waals surface area contributed by atoms with Gasteiger partial charge in [0.25, 0.3) is 0 Å². The van der Waals surface area contributed by atoms with Crippen molar-refractivity contribution in [2.24, 2.45) is 0 Å². The number of amides is 1. The van der Waals surface area contributed by atoms with Gasteiger partial charge < -0.3 is 15.1 Å². The first-order valence-electron chi connectivity index (χ1n) is 11.3. The van der Waals surface area contributed by atoms with E-state index in [2.05, 4.69) is 20.3 Å². The van der Waals surface area contributed by atoms with Crippen molar-refractivity contribution in [2.45, 2.75) is 25.8 Å². The number of carbonyl (C=O) groups is 1. The highest BCUT2D eigenvalue weighted by Crippen LogP contribution is 2.38. The fourth-order valence-corrected chi connectivity index (χ4v) is 4.77. The number of furan rings is 1. The topological polar surface area (TPSA) is 116 Å². The lowest BCUT2D eigenvalue weighted by Crippen LogP contribution is -2.37. The molecule has 6 rings (SSSR count). The Morgan fingerprint density at radius 3 is 2.71 bits per heavy atom. The van der Waals surface area contributed by atoms with Gasteiger partial charge in [-0.05, 0) is 18.9 Å². The second kappa shape index (κ2) is 7.95. The van der Waals surface area contributed by atoms with Crippen LogP contribution in [0.5, 0.6) is 0 Å². The van der Waals surface area contributed by atoms with Crippen LogP contribution in [-0.4, -0.2) is 48.9 Å². The minimum Gasteiger partial charge on any atom is -0.452 e. The second-order valence-corrected chi connectivity index (χ2v) is 8.65. The smallest absolute Gasteiger partial charge is 0.219 e. The number of nitrogens with zero attached hydrogens (tertiary/aromatic N) is 6. The largest absolute Gasteiger partial charge is 0.452 e. The van der Waals surface area contributed by atoms with Gasteiger partial charge in [0.1, 0.15) is 5.76 Å². The Morgan fingerprint density at radius 2 is 1.88 bits per heavy atom. The number of nitrogens with two attached hydrogens (primary N) is 1. The number of fused-ring (bicyclic) bond motifs is 2. The first-order valence-corrected chi connectivity index (χ1v) is 11.3. The number of benzene rings is 1. The van der Waals surface area contributed by atoms with E-state index in [9.17, 15) is 4.79 Å². The molecule has 9 nitrogen and oxygen atoms in total. The molecule has 0 aliphatic carbocycles. The molecular weight excluding hydrogens is 430 g/mol. The van der Waals surface area contributed by atoms with Crippen molar-refractivity contribution in [2.75, 3.05) is 18.8 Å². The van der Waals surface area contributed by atoms with Crippen LogP contribution in [0.15, 0.2) is 59.7 Å². The van der Waals surface area contributed by atoms with Crippen LogP contribution in [0.1, 0.15) is 25.8 Å². The third kappa shape index (κ3) is 3.37. The lowest BCUT2D eigenvalue weighted by atomic mass is 10.0. The average Bonchev–Trinajstić information content (AvgIpc) is 3.53. The van der Waals surface area contributed by atoms with Gasteiger partial charge >= 0.3 is 0 Å². The number of aromatic nitrogens is 5. The molecule has 1 amide bonds. The molecule has 9 heteroatoms. The molecule has 1 saturated heterocycles. The zero-order chi connectivity index (χ0) is 23.2. The summed E-state index contributed by atoms with van der Waals surface area (Å²) in [5, 5.41) is 15.5. The Labute approximate surface area is 195 Å². The van der Waals surface area contributed by atoms with E-state index in [4.69, 9.17) is 10.2 Å². The Morgan fingerprint density at radius 1 is 1.06 bits per heavy atom. The van der Waals surface area contributed by atoms with E-state index >= 15 is 0 Å². The van der Waals surface area contributed by atoms with Crippen LogP contribution in [0.3, 0.4) is 0 Å². The zero-order valence-corrected chi connectivity index (χ0v) is 18.7. The lowest BCUT2D eigenvalue weighted by molar-refractivity contribution is -0.130. The van der Waals surface area contributed by atoms with Crippen molar-refractivity contribution in [3.63, 3.8) is 0 Å². The highest BCUT2D eigenvalue weighted by Gasteiger charge is 2.23. The molecule has 0 atom stereocenters. The molecule has 1 fully saturated rings. The molecule has 4 aromatic heterocycles. The van der Waals surface area contributed by atoms with Crippen LogP contribution < -0.4 is 5.73 Å². The molecule has 1 aromatic carbocycles. The highest BCUT2D eigenvalue weighted by atomic mass is 16.3. The van der Waals surface area contributed by atoms with Crippen molar-refractivity contribution >= 4 is 33.5 Å². The van der Waals surface area contributed by atoms with E-state index in [1.807, 2.05) is 46.2 Å². The predicted octanol–water partition coefficient (Wildman–Crippen LogP) is 4.07. The monoisotopic (exact) mass is 453 g/mol. The maximum Gasteiger partial charge on any atom is 0.219 e. The van der Waals surface area contributed by atoms with Crippen LogP contribution in [0.2, 0.25) is 0 Å². The molecule has 1 aliphatic heterocycles. The van der Waals surface area contributed by atoms with Crippen molar-refractivity contribution in [1.82, 2.24) is 29.9 Å². The van der Waals surface area contributed by atoms with Gasteiger partial charge in [-0.15, -0.1) is 0 Å². The maximum atomic E-state index is 11.6. The summed E-state index contributed by atoms with van der Waals surface area (Å²) in [6.45, 7) is 3.13. The van der Waals surface area contributed by atoms with E-state index in [0.29, 0.717) is 17.2 Å². The summed E-state index contributed by atoms with van der Waals surface area (Å²) in [7, 11) is 0. The molecule has 5 aromatic rings. The van der Waals surface area contributed by atoms with Gasteiger partial charge in [-0.25, -0.2) is 4.98 Å². The normalized spacial score (nSPS) is 14.8. The Hall–Kier alpha value is -4.27. The zero-order valence-electron chi connectivity index (χ0n) is 18.7. The number of piperidine rings is 1. The molecular formula is C25H23N7O2. The summed E-state index contributed by atoms with van der Waals surface area (Å²) in [5.74, 6) is 1.16. The number of nitrogen functional groups attached to an aromatic ring is 1. The van der Waals surface area contributed by atoms with Crippen molar-refractivity contribution in [1.29, 1.82) is 0 Å². The fraction of sp³-hybridized carbons (Fsp3) is 0.240. The van der Waals surface area contributed by atoms with Crippen LogP contribution in [-0.2, 0) is 4.79 Å². The van der Waals surface area contributed by atoms with Crippen LogP contribution in [0, 0.1) is 0 Å². The van der Waals surface area contributed by atoms with E-state index in [1.54, 1.807) is 25.5 Å². The van der Waals surface area contributed by atoms with Gasteiger partial charge in [0.15, 0.2) is 11.4 Å². The number of anilines is 1. The Balaban J connectivity index is 1.38. The summed E-state index contributed by atoms with van der Waals surface area (Å²) in [6, 6.07) is 8.22. The summed E-state index contributed by atoms with van der Waals surface area (Å²) in [5.41, 5.74) is 9.51. The minimum atomic E-state index is 0.129. The first kappa shape index (κ1) is 20.3. The molecule has 2 N–H and O–H groups in total. The van der Waals surface area contributed by atoms with Crippen LogP contribution >= 0.6 is 0 Å². The van der Waals surface area contributed by atoms with Gasteiger partial charge in [0, 0.05) is 65.3 Å². The summed E-state index contributed by atoms with van der Waals surface area (Å²) >= 11 is 0. The minimum absolute atomic E-state index is 0.129. The maximum absolute atomic E-state index is 11.6. The fourth-order valence-electron chi connectivity index (χ4n) is 4.77. The van der Waals surface area contributed by atoms with Crippen molar-refractivity contribution in [3.05, 3.63) is 55.2 Å². The van der Waals surface area contributed by atoms with Gasteiger partial charge in [-0.2, -0.15) is 15.3 Å². The highest BCUT2D eigenvalue weighted by molar-refractivity contribution is 6.02. The second-order valence-electron chi connectivity index (χ2n) is 8.65. The van der Waals surface area contributed by atoms with Crippen molar-refractivity contribution in [3.8, 4) is 22.5 Å². The lowest BCUT2D eigenvalue weighted by Gasteiger charge is -2.31. The van der Waals surface area contributed by atoms with Crippen molar-refractivity contribution < 1.29 is 9.21 Å². The summed E-state index contributed by atoms with van der Waals surface area (Å²) < 4.78 is 8.21. The standard InChI is InChI=1S/C25H23N7O2/c1-15(33)31-7-5-18(6-8-31)32-14-17(11-30-32)21-12-27-25(26)24-20(21)9-23(34-24)19-4-2-3-16-10-28-29-13-22(16)19/h2-4,9-14,18H,5-8H2,1H3,(H2,26,27). The SMILES string of the molecule is CC(=O)N1CCC(n2cc(-c3cnc(N)c4oc(-c5cccc6cnncc56)cc34)cn2)CC1.